The second-order valence-electron chi connectivity index (χ2n) is 6.87. The van der Waals surface area contributed by atoms with Gasteiger partial charge in [0.25, 0.3) is 5.91 Å². The fourth-order valence-corrected chi connectivity index (χ4v) is 2.84. The number of rotatable bonds is 6. The molecule has 0 spiro atoms. The van der Waals surface area contributed by atoms with Crippen LogP contribution in [-0.2, 0) is 16.0 Å². The molecule has 0 saturated heterocycles. The monoisotopic (exact) mass is 402 g/mol. The molecule has 0 aliphatic carbocycles. The Morgan fingerprint density at radius 2 is 1.50 bits per heavy atom. The van der Waals surface area contributed by atoms with Crippen LogP contribution >= 0.6 is 0 Å². The molecular formula is C24H22N2O4. The molecule has 30 heavy (non-hydrogen) atoms. The van der Waals surface area contributed by atoms with Crippen LogP contribution in [0, 0.1) is 6.92 Å². The maximum atomic E-state index is 12.5. The van der Waals surface area contributed by atoms with Crippen molar-refractivity contribution in [2.45, 2.75) is 20.3 Å². The first-order valence-electron chi connectivity index (χ1n) is 9.44. The van der Waals surface area contributed by atoms with Crippen LogP contribution in [0.25, 0.3) is 0 Å². The zero-order chi connectivity index (χ0) is 21.5. The van der Waals surface area contributed by atoms with Crippen molar-refractivity contribution in [3.8, 4) is 5.75 Å². The molecule has 3 rings (SSSR count). The zero-order valence-corrected chi connectivity index (χ0v) is 16.8. The van der Waals surface area contributed by atoms with E-state index in [1.54, 1.807) is 42.5 Å². The zero-order valence-electron chi connectivity index (χ0n) is 16.8. The van der Waals surface area contributed by atoms with Gasteiger partial charge in [0, 0.05) is 23.9 Å². The molecule has 6 nitrogen and oxygen atoms in total. The Hall–Kier alpha value is -3.93. The number of hydrogen-bond donors (Lipinski definition) is 2. The van der Waals surface area contributed by atoms with Gasteiger partial charge in [-0.05, 0) is 48.9 Å². The Bertz CT molecular complexity index is 1070. The Labute approximate surface area is 174 Å². The Morgan fingerprint density at radius 3 is 2.20 bits per heavy atom. The lowest BCUT2D eigenvalue weighted by Gasteiger charge is -2.10. The minimum Gasteiger partial charge on any atom is -0.427 e. The second kappa shape index (κ2) is 9.52. The summed E-state index contributed by atoms with van der Waals surface area (Å²) < 4.78 is 5.01. The van der Waals surface area contributed by atoms with Crippen LogP contribution in [-0.4, -0.2) is 17.8 Å². The summed E-state index contributed by atoms with van der Waals surface area (Å²) >= 11 is 0. The van der Waals surface area contributed by atoms with E-state index >= 15 is 0 Å². The molecule has 2 N–H and O–H groups in total. The second-order valence-corrected chi connectivity index (χ2v) is 6.87. The molecule has 0 aliphatic rings. The Kier molecular flexibility index (Phi) is 6.60. The molecule has 0 unspecified atom stereocenters. The van der Waals surface area contributed by atoms with E-state index in [-0.39, 0.29) is 18.2 Å². The standard InChI is InChI=1S/C24H22N2O4/c1-16-9-11-18(12-10-16)13-23(28)25-20-6-4-7-21(15-20)26-24(29)19-5-3-8-22(14-19)30-17(2)27/h3-12,14-15H,13H2,1-2H3,(H,25,28)(H,26,29). The number of ether oxygens (including phenoxy) is 1. The third-order valence-corrected chi connectivity index (χ3v) is 4.25. The van der Waals surface area contributed by atoms with Crippen LogP contribution < -0.4 is 15.4 Å². The number of anilines is 2. The van der Waals surface area contributed by atoms with Crippen molar-refractivity contribution in [3.05, 3.63) is 89.5 Å². The summed E-state index contributed by atoms with van der Waals surface area (Å²) in [5.74, 6) is -0.655. The van der Waals surface area contributed by atoms with Gasteiger partial charge in [0.2, 0.25) is 5.91 Å². The number of carbonyl (C=O) groups excluding carboxylic acids is 3. The van der Waals surface area contributed by atoms with Crippen LogP contribution in [0.2, 0.25) is 0 Å². The summed E-state index contributed by atoms with van der Waals surface area (Å²) in [6.07, 6.45) is 0.264. The lowest BCUT2D eigenvalue weighted by Crippen LogP contribution is -2.15. The van der Waals surface area contributed by atoms with Crippen LogP contribution in [0.1, 0.15) is 28.4 Å². The number of nitrogens with one attached hydrogen (secondary N) is 2. The van der Waals surface area contributed by atoms with Gasteiger partial charge in [-0.3, -0.25) is 14.4 Å². The fraction of sp³-hybridized carbons (Fsp3) is 0.125. The molecule has 0 fully saturated rings. The maximum Gasteiger partial charge on any atom is 0.308 e. The summed E-state index contributed by atoms with van der Waals surface area (Å²) in [5, 5.41) is 5.62. The maximum absolute atomic E-state index is 12.5. The van der Waals surface area contributed by atoms with Crippen LogP contribution in [0.3, 0.4) is 0 Å². The van der Waals surface area contributed by atoms with E-state index in [0.29, 0.717) is 22.7 Å². The number of aryl methyl sites for hydroxylation is 1. The summed E-state index contributed by atoms with van der Waals surface area (Å²) in [5.41, 5.74) is 3.53. The molecule has 0 aliphatic heterocycles. The molecule has 0 saturated carbocycles. The van der Waals surface area contributed by atoms with Crippen molar-refractivity contribution in [1.82, 2.24) is 0 Å². The van der Waals surface area contributed by atoms with Crippen molar-refractivity contribution < 1.29 is 19.1 Å². The highest BCUT2D eigenvalue weighted by Gasteiger charge is 2.10. The molecule has 3 aromatic rings. The van der Waals surface area contributed by atoms with E-state index in [2.05, 4.69) is 10.6 Å². The average molecular weight is 402 g/mol. The van der Waals surface area contributed by atoms with Crippen LogP contribution in [0.15, 0.2) is 72.8 Å². The van der Waals surface area contributed by atoms with E-state index in [1.165, 1.54) is 13.0 Å². The van der Waals surface area contributed by atoms with E-state index in [0.717, 1.165) is 11.1 Å². The van der Waals surface area contributed by atoms with Crippen molar-refractivity contribution in [3.63, 3.8) is 0 Å². The topological polar surface area (TPSA) is 84.5 Å². The highest BCUT2D eigenvalue weighted by Crippen LogP contribution is 2.19. The normalized spacial score (nSPS) is 10.2. The molecule has 2 amide bonds. The first-order chi connectivity index (χ1) is 14.4. The molecule has 0 radical (unpaired) electrons. The van der Waals surface area contributed by atoms with Crippen LogP contribution in [0.4, 0.5) is 11.4 Å². The molecule has 152 valence electrons. The summed E-state index contributed by atoms with van der Waals surface area (Å²) in [4.78, 5) is 35.9. The third-order valence-electron chi connectivity index (χ3n) is 4.25. The summed E-state index contributed by atoms with van der Waals surface area (Å²) in [6.45, 7) is 3.29. The molecule has 0 heterocycles. The quantitative estimate of drug-likeness (QED) is 0.474. The molecule has 3 aromatic carbocycles. The molecule has 0 aromatic heterocycles. The Morgan fingerprint density at radius 1 is 0.833 bits per heavy atom. The van der Waals surface area contributed by atoms with Gasteiger partial charge in [-0.25, -0.2) is 0 Å². The third kappa shape index (κ3) is 6.04. The number of benzene rings is 3. The van der Waals surface area contributed by atoms with Gasteiger partial charge in [0.05, 0.1) is 6.42 Å². The lowest BCUT2D eigenvalue weighted by molar-refractivity contribution is -0.131. The molecular weight excluding hydrogens is 380 g/mol. The first-order valence-corrected chi connectivity index (χ1v) is 9.44. The fourth-order valence-electron chi connectivity index (χ4n) is 2.84. The largest absolute Gasteiger partial charge is 0.427 e. The van der Waals surface area contributed by atoms with E-state index in [1.807, 2.05) is 31.2 Å². The number of carbonyl (C=O) groups is 3. The smallest absolute Gasteiger partial charge is 0.308 e. The lowest BCUT2D eigenvalue weighted by atomic mass is 10.1. The molecule has 0 bridgehead atoms. The Balaban J connectivity index is 1.63. The highest BCUT2D eigenvalue weighted by molar-refractivity contribution is 6.05. The van der Waals surface area contributed by atoms with Crippen molar-refractivity contribution in [2.75, 3.05) is 10.6 Å². The average Bonchev–Trinajstić information content (AvgIpc) is 2.69. The molecule has 6 heteroatoms. The number of hydrogen-bond acceptors (Lipinski definition) is 4. The van der Waals surface area contributed by atoms with Gasteiger partial charge < -0.3 is 15.4 Å². The van der Waals surface area contributed by atoms with Crippen molar-refractivity contribution >= 4 is 29.2 Å². The van der Waals surface area contributed by atoms with Gasteiger partial charge in [0.15, 0.2) is 0 Å². The SMILES string of the molecule is CC(=O)Oc1cccc(C(=O)Nc2cccc(NC(=O)Cc3ccc(C)cc3)c2)c1. The van der Waals surface area contributed by atoms with Crippen LogP contribution in [0.5, 0.6) is 5.75 Å². The van der Waals surface area contributed by atoms with Gasteiger partial charge >= 0.3 is 5.97 Å². The van der Waals surface area contributed by atoms with Crippen molar-refractivity contribution in [1.29, 1.82) is 0 Å². The minimum atomic E-state index is -0.457. The highest BCUT2D eigenvalue weighted by atomic mass is 16.5. The first kappa shape index (κ1) is 20.8. The van der Waals surface area contributed by atoms with Crippen molar-refractivity contribution in [2.24, 2.45) is 0 Å². The summed E-state index contributed by atoms with van der Waals surface area (Å²) in [6, 6.07) is 21.0. The predicted molar refractivity (Wildman–Crippen MR) is 116 cm³/mol. The van der Waals surface area contributed by atoms with E-state index < -0.39 is 5.97 Å². The van der Waals surface area contributed by atoms with Gasteiger partial charge in [0.1, 0.15) is 5.75 Å². The minimum absolute atomic E-state index is 0.142. The number of esters is 1. The summed E-state index contributed by atoms with van der Waals surface area (Å²) in [7, 11) is 0. The molecule has 0 atom stereocenters. The van der Waals surface area contributed by atoms with Gasteiger partial charge in [-0.15, -0.1) is 0 Å². The number of amides is 2. The predicted octanol–water partition coefficient (Wildman–Crippen LogP) is 4.35. The van der Waals surface area contributed by atoms with E-state index in [9.17, 15) is 14.4 Å². The van der Waals surface area contributed by atoms with Gasteiger partial charge in [-0.2, -0.15) is 0 Å². The van der Waals surface area contributed by atoms with Gasteiger partial charge in [-0.1, -0.05) is 42.0 Å². The van der Waals surface area contributed by atoms with E-state index in [4.69, 9.17) is 4.74 Å².